The number of benzene rings is 1. The number of nitrogens with zero attached hydrogens (tertiary/aromatic N) is 2. The number of hydrogen-bond acceptors (Lipinski definition) is 3. The molecule has 2 aliphatic rings. The molecule has 1 saturated carbocycles. The fraction of sp³-hybridized carbons (Fsp3) is 0.652. The van der Waals surface area contributed by atoms with Crippen LogP contribution in [0.2, 0.25) is 0 Å². The summed E-state index contributed by atoms with van der Waals surface area (Å²) in [7, 11) is 0. The highest BCUT2D eigenvalue weighted by Crippen LogP contribution is 2.34. The Bertz CT molecular complexity index is 743. The summed E-state index contributed by atoms with van der Waals surface area (Å²) in [5, 5.41) is 11.5. The van der Waals surface area contributed by atoms with Gasteiger partial charge in [0.1, 0.15) is 6.42 Å². The Labute approximate surface area is 176 Å². The molecule has 1 amide bonds. The van der Waals surface area contributed by atoms with E-state index in [0.717, 1.165) is 76.2 Å². The number of halogens is 3. The first kappa shape index (κ1) is 22.6. The van der Waals surface area contributed by atoms with Crippen molar-refractivity contribution in [1.29, 1.82) is 5.26 Å². The van der Waals surface area contributed by atoms with Gasteiger partial charge < -0.3 is 10.2 Å². The van der Waals surface area contributed by atoms with Crippen LogP contribution in [0.15, 0.2) is 24.3 Å². The van der Waals surface area contributed by atoms with Gasteiger partial charge >= 0.3 is 6.18 Å². The molecule has 1 aliphatic carbocycles. The lowest BCUT2D eigenvalue weighted by molar-refractivity contribution is -0.137. The van der Waals surface area contributed by atoms with E-state index in [-0.39, 0.29) is 24.3 Å². The highest BCUT2D eigenvalue weighted by atomic mass is 19.4. The van der Waals surface area contributed by atoms with E-state index < -0.39 is 11.7 Å². The number of nitriles is 1. The van der Waals surface area contributed by atoms with Gasteiger partial charge in [0, 0.05) is 6.04 Å². The van der Waals surface area contributed by atoms with Gasteiger partial charge in [0.05, 0.1) is 11.6 Å². The van der Waals surface area contributed by atoms with Crippen molar-refractivity contribution in [2.45, 2.75) is 69.5 Å². The maximum atomic E-state index is 13.0. The van der Waals surface area contributed by atoms with E-state index in [9.17, 15) is 18.0 Å². The zero-order valence-corrected chi connectivity index (χ0v) is 17.3. The van der Waals surface area contributed by atoms with E-state index in [1.165, 1.54) is 12.1 Å². The Hall–Kier alpha value is -2.07. The number of alkyl halides is 3. The number of nitrogens with one attached hydrogen (secondary N) is 1. The molecule has 7 heteroatoms. The molecule has 0 radical (unpaired) electrons. The van der Waals surface area contributed by atoms with Gasteiger partial charge in [-0.1, -0.05) is 18.2 Å². The van der Waals surface area contributed by atoms with Crippen molar-refractivity contribution >= 4 is 5.91 Å². The Morgan fingerprint density at radius 3 is 2.47 bits per heavy atom. The SMILES string of the molecule is N#CCC(=O)NC1CCC(CCN2CCC(c3cccc(C(F)(F)F)c3)CC2)CC1. The predicted molar refractivity (Wildman–Crippen MR) is 109 cm³/mol. The quantitative estimate of drug-likeness (QED) is 0.713. The van der Waals surface area contributed by atoms with Crippen LogP contribution >= 0.6 is 0 Å². The summed E-state index contributed by atoms with van der Waals surface area (Å²) in [6.07, 6.45) is 2.71. The average Bonchev–Trinajstić information content (AvgIpc) is 2.73. The summed E-state index contributed by atoms with van der Waals surface area (Å²) in [6, 6.07) is 7.87. The van der Waals surface area contributed by atoms with E-state index >= 15 is 0 Å². The van der Waals surface area contributed by atoms with E-state index in [2.05, 4.69) is 10.2 Å². The second-order valence-electron chi connectivity index (χ2n) is 8.65. The lowest BCUT2D eigenvalue weighted by Gasteiger charge is -2.34. The van der Waals surface area contributed by atoms with Crippen LogP contribution in [0.1, 0.15) is 68.4 Å². The monoisotopic (exact) mass is 421 g/mol. The third kappa shape index (κ3) is 6.46. The zero-order valence-electron chi connectivity index (χ0n) is 17.3. The molecule has 0 bridgehead atoms. The van der Waals surface area contributed by atoms with Crippen LogP contribution in [0.25, 0.3) is 0 Å². The fourth-order valence-corrected chi connectivity index (χ4v) is 4.77. The van der Waals surface area contributed by atoms with Gasteiger partial charge in [0.25, 0.3) is 0 Å². The topological polar surface area (TPSA) is 56.1 Å². The maximum absolute atomic E-state index is 13.0. The number of hydrogen-bond donors (Lipinski definition) is 1. The molecule has 0 aromatic heterocycles. The smallest absolute Gasteiger partial charge is 0.352 e. The molecule has 3 rings (SSSR count). The normalized spacial score (nSPS) is 23.7. The standard InChI is InChI=1S/C23H30F3N3O/c24-23(25,26)20-3-1-2-19(16-20)18-10-14-29(15-11-18)13-9-17-4-6-21(7-5-17)28-22(30)8-12-27/h1-3,16-18,21H,4-11,13-15H2,(H,28,30). The van der Waals surface area contributed by atoms with E-state index in [0.29, 0.717) is 5.92 Å². The van der Waals surface area contributed by atoms with Crippen molar-refractivity contribution in [1.82, 2.24) is 10.2 Å². The molecule has 1 aromatic rings. The van der Waals surface area contributed by atoms with E-state index in [4.69, 9.17) is 5.26 Å². The van der Waals surface area contributed by atoms with Crippen LogP contribution in [-0.4, -0.2) is 36.5 Å². The number of piperidine rings is 1. The summed E-state index contributed by atoms with van der Waals surface area (Å²) >= 11 is 0. The van der Waals surface area contributed by atoms with Crippen molar-refractivity contribution in [3.63, 3.8) is 0 Å². The molecule has 1 aliphatic heterocycles. The largest absolute Gasteiger partial charge is 0.416 e. The fourth-order valence-electron chi connectivity index (χ4n) is 4.77. The first-order chi connectivity index (χ1) is 14.3. The minimum absolute atomic E-state index is 0.0730. The lowest BCUT2D eigenvalue weighted by Crippen LogP contribution is -2.38. The van der Waals surface area contributed by atoms with Crippen LogP contribution in [0.4, 0.5) is 13.2 Å². The molecule has 164 valence electrons. The molecule has 1 aromatic carbocycles. The molecular weight excluding hydrogens is 391 g/mol. The zero-order chi connectivity index (χ0) is 21.6. The van der Waals surface area contributed by atoms with E-state index in [1.807, 2.05) is 12.1 Å². The molecule has 0 atom stereocenters. The number of carbonyl (C=O) groups is 1. The van der Waals surface area contributed by atoms with Crippen molar-refractivity contribution in [3.05, 3.63) is 35.4 Å². The predicted octanol–water partition coefficient (Wildman–Crippen LogP) is 4.86. The highest BCUT2D eigenvalue weighted by Gasteiger charge is 2.31. The Balaban J connectivity index is 1.37. The minimum Gasteiger partial charge on any atom is -0.352 e. The van der Waals surface area contributed by atoms with Crippen molar-refractivity contribution in [2.24, 2.45) is 5.92 Å². The number of rotatable bonds is 6. The summed E-state index contributed by atoms with van der Waals surface area (Å²) in [6.45, 7) is 2.90. The molecule has 0 spiro atoms. The Morgan fingerprint density at radius 2 is 1.83 bits per heavy atom. The van der Waals surface area contributed by atoms with Crippen LogP contribution < -0.4 is 5.32 Å². The molecule has 0 unspecified atom stereocenters. The second-order valence-corrected chi connectivity index (χ2v) is 8.65. The second kappa shape index (κ2) is 10.3. The van der Waals surface area contributed by atoms with Crippen LogP contribution in [0.5, 0.6) is 0 Å². The van der Waals surface area contributed by atoms with E-state index in [1.54, 1.807) is 0 Å². The third-order valence-corrected chi connectivity index (χ3v) is 6.58. The van der Waals surface area contributed by atoms with Gasteiger partial charge in [0.15, 0.2) is 0 Å². The number of carbonyl (C=O) groups excluding carboxylic acids is 1. The number of amides is 1. The lowest BCUT2D eigenvalue weighted by atomic mass is 9.83. The summed E-state index contributed by atoms with van der Waals surface area (Å²) in [5.41, 5.74) is 0.253. The van der Waals surface area contributed by atoms with Crippen molar-refractivity contribution in [2.75, 3.05) is 19.6 Å². The third-order valence-electron chi connectivity index (χ3n) is 6.58. The van der Waals surface area contributed by atoms with Gasteiger partial charge in [-0.25, -0.2) is 0 Å². The van der Waals surface area contributed by atoms with Crippen LogP contribution in [0, 0.1) is 17.2 Å². The molecule has 30 heavy (non-hydrogen) atoms. The number of likely N-dealkylation sites (tertiary alicyclic amines) is 1. The highest BCUT2D eigenvalue weighted by molar-refractivity contribution is 5.78. The molecule has 4 nitrogen and oxygen atoms in total. The van der Waals surface area contributed by atoms with Crippen LogP contribution in [-0.2, 0) is 11.0 Å². The average molecular weight is 422 g/mol. The Kier molecular flexibility index (Phi) is 7.76. The minimum atomic E-state index is -4.28. The van der Waals surface area contributed by atoms with Gasteiger partial charge in [-0.3, -0.25) is 4.79 Å². The molecule has 2 fully saturated rings. The van der Waals surface area contributed by atoms with Gasteiger partial charge in [0.2, 0.25) is 5.91 Å². The van der Waals surface area contributed by atoms with Crippen LogP contribution in [0.3, 0.4) is 0 Å². The summed E-state index contributed by atoms with van der Waals surface area (Å²) in [4.78, 5) is 14.0. The molecule has 1 heterocycles. The Morgan fingerprint density at radius 1 is 1.13 bits per heavy atom. The molecule has 1 saturated heterocycles. The summed E-state index contributed by atoms with van der Waals surface area (Å²) < 4.78 is 38.9. The first-order valence-corrected chi connectivity index (χ1v) is 10.9. The van der Waals surface area contributed by atoms with Gasteiger partial charge in [-0.15, -0.1) is 0 Å². The molecule has 1 N–H and O–H groups in total. The van der Waals surface area contributed by atoms with Crippen molar-refractivity contribution < 1.29 is 18.0 Å². The first-order valence-electron chi connectivity index (χ1n) is 10.9. The van der Waals surface area contributed by atoms with Crippen molar-refractivity contribution in [3.8, 4) is 6.07 Å². The van der Waals surface area contributed by atoms with Gasteiger partial charge in [-0.05, 0) is 88.0 Å². The maximum Gasteiger partial charge on any atom is 0.416 e. The summed E-state index contributed by atoms with van der Waals surface area (Å²) in [5.74, 6) is 0.691. The molecular formula is C23H30F3N3O. The van der Waals surface area contributed by atoms with Gasteiger partial charge in [-0.2, -0.15) is 18.4 Å².